The van der Waals surface area contributed by atoms with Crippen LogP contribution in [0.1, 0.15) is 32.1 Å². The molecule has 0 aromatic rings. The van der Waals surface area contributed by atoms with Crippen LogP contribution >= 0.6 is 0 Å². The summed E-state index contributed by atoms with van der Waals surface area (Å²) < 4.78 is 5.59. The molecule has 0 radical (unpaired) electrons. The summed E-state index contributed by atoms with van der Waals surface area (Å²) in [5.74, 6) is 3.96. The largest absolute Gasteiger partial charge is 0.373 e. The maximum Gasteiger partial charge on any atom is 0.226 e. The molecule has 20 heavy (non-hydrogen) atoms. The van der Waals surface area contributed by atoms with Crippen molar-refractivity contribution < 1.29 is 9.53 Å². The monoisotopic (exact) mass is 278 g/mol. The second-order valence-electron chi connectivity index (χ2n) is 7.47. The lowest BCUT2D eigenvalue weighted by Crippen LogP contribution is -2.55. The van der Waals surface area contributed by atoms with E-state index in [1.807, 2.05) is 4.90 Å². The van der Waals surface area contributed by atoms with Crippen LogP contribution < -0.4 is 5.73 Å². The van der Waals surface area contributed by atoms with Gasteiger partial charge in [0, 0.05) is 25.6 Å². The molecular weight excluding hydrogens is 252 g/mol. The Labute approximate surface area is 121 Å². The van der Waals surface area contributed by atoms with Crippen molar-refractivity contribution in [2.75, 3.05) is 26.2 Å². The molecule has 1 amide bonds. The number of amides is 1. The topological polar surface area (TPSA) is 55.6 Å². The SMILES string of the molecule is NCC1CN(C(=O)C2C3CC4CC(C3)CC2C4)CCO1. The number of nitrogens with two attached hydrogens (primary N) is 1. The molecule has 4 heteroatoms. The smallest absolute Gasteiger partial charge is 0.226 e. The minimum atomic E-state index is 0.0459. The fraction of sp³-hybridized carbons (Fsp3) is 0.938. The van der Waals surface area contributed by atoms with Gasteiger partial charge in [-0.05, 0) is 55.8 Å². The first kappa shape index (κ1) is 13.1. The molecule has 0 aromatic carbocycles. The van der Waals surface area contributed by atoms with Crippen molar-refractivity contribution >= 4 is 5.91 Å². The second-order valence-corrected chi connectivity index (χ2v) is 7.47. The Bertz CT molecular complexity index is 370. The maximum absolute atomic E-state index is 13.0. The first-order valence-electron chi connectivity index (χ1n) is 8.35. The molecule has 1 atom stereocenters. The molecule has 0 aromatic heterocycles. The molecule has 112 valence electrons. The fourth-order valence-electron chi connectivity index (χ4n) is 5.60. The Kier molecular flexibility index (Phi) is 3.26. The van der Waals surface area contributed by atoms with E-state index in [0.717, 1.165) is 18.4 Å². The lowest BCUT2D eigenvalue weighted by Gasteiger charge is -2.54. The highest BCUT2D eigenvalue weighted by molar-refractivity contribution is 5.80. The van der Waals surface area contributed by atoms with Crippen LogP contribution in [0.25, 0.3) is 0 Å². The zero-order chi connectivity index (χ0) is 13.7. The van der Waals surface area contributed by atoms with Crippen LogP contribution in [0.4, 0.5) is 0 Å². The minimum Gasteiger partial charge on any atom is -0.373 e. The summed E-state index contributed by atoms with van der Waals surface area (Å²) in [6.07, 6.45) is 6.75. The van der Waals surface area contributed by atoms with E-state index in [4.69, 9.17) is 10.5 Å². The number of hydrogen-bond donors (Lipinski definition) is 1. The van der Waals surface area contributed by atoms with Crippen molar-refractivity contribution in [1.29, 1.82) is 0 Å². The Morgan fingerprint density at radius 3 is 2.35 bits per heavy atom. The van der Waals surface area contributed by atoms with Crippen molar-refractivity contribution in [3.63, 3.8) is 0 Å². The summed E-state index contributed by atoms with van der Waals surface area (Å²) in [5, 5.41) is 0. The van der Waals surface area contributed by atoms with Gasteiger partial charge in [0.1, 0.15) is 0 Å². The molecule has 4 aliphatic carbocycles. The predicted molar refractivity (Wildman–Crippen MR) is 75.9 cm³/mol. The molecule has 4 nitrogen and oxygen atoms in total. The number of morpholine rings is 1. The Hall–Kier alpha value is -0.610. The lowest BCUT2D eigenvalue weighted by molar-refractivity contribution is -0.155. The molecule has 1 unspecified atom stereocenters. The van der Waals surface area contributed by atoms with Gasteiger partial charge in [-0.1, -0.05) is 0 Å². The van der Waals surface area contributed by atoms with Gasteiger partial charge in [0.25, 0.3) is 0 Å². The summed E-state index contributed by atoms with van der Waals surface area (Å²) in [6.45, 7) is 2.64. The van der Waals surface area contributed by atoms with Gasteiger partial charge in [0.2, 0.25) is 5.91 Å². The van der Waals surface area contributed by atoms with E-state index in [-0.39, 0.29) is 6.10 Å². The van der Waals surface area contributed by atoms with Crippen LogP contribution in [0.2, 0.25) is 0 Å². The maximum atomic E-state index is 13.0. The predicted octanol–water partition coefficient (Wildman–Crippen LogP) is 1.24. The number of nitrogens with zero attached hydrogens (tertiary/aromatic N) is 1. The van der Waals surface area contributed by atoms with Gasteiger partial charge in [-0.3, -0.25) is 4.79 Å². The van der Waals surface area contributed by atoms with E-state index in [1.165, 1.54) is 32.1 Å². The second kappa shape index (κ2) is 4.99. The summed E-state index contributed by atoms with van der Waals surface area (Å²) >= 11 is 0. The van der Waals surface area contributed by atoms with Gasteiger partial charge in [0.15, 0.2) is 0 Å². The molecule has 5 aliphatic rings. The van der Waals surface area contributed by atoms with E-state index in [9.17, 15) is 4.79 Å². The molecule has 1 saturated heterocycles. The third-order valence-electron chi connectivity index (χ3n) is 6.23. The van der Waals surface area contributed by atoms with Gasteiger partial charge < -0.3 is 15.4 Å². The molecule has 1 heterocycles. The summed E-state index contributed by atoms with van der Waals surface area (Å²) in [4.78, 5) is 15.0. The Balaban J connectivity index is 1.48. The van der Waals surface area contributed by atoms with Crippen LogP contribution in [0.15, 0.2) is 0 Å². The Morgan fingerprint density at radius 1 is 1.10 bits per heavy atom. The zero-order valence-corrected chi connectivity index (χ0v) is 12.2. The van der Waals surface area contributed by atoms with Gasteiger partial charge in [0.05, 0.1) is 12.7 Å². The quantitative estimate of drug-likeness (QED) is 0.827. The van der Waals surface area contributed by atoms with Crippen molar-refractivity contribution in [2.45, 2.75) is 38.2 Å². The molecule has 4 saturated carbocycles. The number of hydrogen-bond acceptors (Lipinski definition) is 3. The van der Waals surface area contributed by atoms with Crippen LogP contribution in [-0.2, 0) is 9.53 Å². The molecule has 4 bridgehead atoms. The lowest BCUT2D eigenvalue weighted by atomic mass is 9.51. The van der Waals surface area contributed by atoms with Crippen molar-refractivity contribution in [1.82, 2.24) is 4.90 Å². The molecular formula is C16H26N2O2. The highest BCUT2D eigenvalue weighted by Crippen LogP contribution is 2.56. The van der Waals surface area contributed by atoms with E-state index >= 15 is 0 Å². The number of rotatable bonds is 2. The zero-order valence-electron chi connectivity index (χ0n) is 12.2. The molecule has 0 spiro atoms. The third kappa shape index (κ3) is 2.08. The first-order valence-corrected chi connectivity index (χ1v) is 8.35. The average molecular weight is 278 g/mol. The summed E-state index contributed by atoms with van der Waals surface area (Å²) in [5.41, 5.74) is 5.70. The first-order chi connectivity index (χ1) is 9.74. The molecule has 5 fully saturated rings. The van der Waals surface area contributed by atoms with Gasteiger partial charge >= 0.3 is 0 Å². The van der Waals surface area contributed by atoms with Crippen molar-refractivity contribution in [3.8, 4) is 0 Å². The minimum absolute atomic E-state index is 0.0459. The standard InChI is InChI=1S/C16H26N2O2/c17-8-14-9-18(1-2-20-14)16(19)15-12-4-10-3-11(6-12)7-13(15)5-10/h10-15H,1-9,17H2. The number of carbonyl (C=O) groups excluding carboxylic acids is 1. The van der Waals surface area contributed by atoms with Crippen LogP contribution in [0.5, 0.6) is 0 Å². The third-order valence-corrected chi connectivity index (χ3v) is 6.23. The van der Waals surface area contributed by atoms with E-state index < -0.39 is 0 Å². The van der Waals surface area contributed by atoms with E-state index in [2.05, 4.69) is 0 Å². The highest BCUT2D eigenvalue weighted by Gasteiger charge is 2.51. The van der Waals surface area contributed by atoms with Gasteiger partial charge in [-0.2, -0.15) is 0 Å². The number of ether oxygens (including phenoxy) is 1. The Morgan fingerprint density at radius 2 is 1.75 bits per heavy atom. The van der Waals surface area contributed by atoms with Crippen LogP contribution in [0.3, 0.4) is 0 Å². The average Bonchev–Trinajstić information content (AvgIpc) is 2.46. The van der Waals surface area contributed by atoms with Crippen molar-refractivity contribution in [2.24, 2.45) is 35.3 Å². The van der Waals surface area contributed by atoms with Crippen molar-refractivity contribution in [3.05, 3.63) is 0 Å². The molecule has 1 aliphatic heterocycles. The summed E-state index contributed by atoms with van der Waals surface area (Å²) in [6, 6.07) is 0. The molecule has 2 N–H and O–H groups in total. The van der Waals surface area contributed by atoms with Crippen LogP contribution in [0, 0.1) is 29.6 Å². The van der Waals surface area contributed by atoms with Crippen LogP contribution in [-0.4, -0.2) is 43.2 Å². The fourth-order valence-corrected chi connectivity index (χ4v) is 5.60. The van der Waals surface area contributed by atoms with E-state index in [1.54, 1.807) is 0 Å². The van der Waals surface area contributed by atoms with Gasteiger partial charge in [-0.15, -0.1) is 0 Å². The normalized spacial score (nSPS) is 46.8. The highest BCUT2D eigenvalue weighted by atomic mass is 16.5. The van der Waals surface area contributed by atoms with E-state index in [0.29, 0.717) is 43.4 Å². The molecule has 5 rings (SSSR count). The van der Waals surface area contributed by atoms with Gasteiger partial charge in [-0.25, -0.2) is 0 Å². The summed E-state index contributed by atoms with van der Waals surface area (Å²) in [7, 11) is 0. The number of carbonyl (C=O) groups is 1.